The highest BCUT2D eigenvalue weighted by atomic mass is 79.9. The van der Waals surface area contributed by atoms with Crippen molar-refractivity contribution in [2.45, 2.75) is 6.92 Å². The van der Waals surface area contributed by atoms with Crippen LogP contribution in [0.2, 0.25) is 5.15 Å². The number of carbonyl (C=O) groups excluding carboxylic acids is 1. The molecule has 0 aliphatic heterocycles. The molecule has 0 spiro atoms. The zero-order valence-electron chi connectivity index (χ0n) is 16.2. The molecule has 2 aromatic carbocycles. The topological polar surface area (TPSA) is 93.8 Å². The Labute approximate surface area is 189 Å². The van der Waals surface area contributed by atoms with E-state index in [4.69, 9.17) is 20.8 Å². The van der Waals surface area contributed by atoms with E-state index in [9.17, 15) is 9.59 Å². The Morgan fingerprint density at radius 1 is 1.23 bits per heavy atom. The van der Waals surface area contributed by atoms with Crippen LogP contribution in [0.25, 0.3) is 21.9 Å². The van der Waals surface area contributed by atoms with Crippen LogP contribution >= 0.6 is 27.5 Å². The monoisotopic (exact) mass is 499 g/mol. The van der Waals surface area contributed by atoms with Gasteiger partial charge in [-0.2, -0.15) is 5.10 Å². The highest BCUT2D eigenvalue weighted by Gasteiger charge is 2.13. The number of hydrogen-bond acceptors (Lipinski definition) is 6. The minimum Gasteiger partial charge on any atom is -0.494 e. The van der Waals surface area contributed by atoms with E-state index in [0.717, 1.165) is 9.86 Å². The first kappa shape index (κ1) is 21.0. The Balaban J connectivity index is 1.58. The lowest BCUT2D eigenvalue weighted by Crippen LogP contribution is -2.24. The Morgan fingerprint density at radius 2 is 2.06 bits per heavy atom. The van der Waals surface area contributed by atoms with E-state index < -0.39 is 11.5 Å². The summed E-state index contributed by atoms with van der Waals surface area (Å²) in [5.74, 6) is 0.0142. The van der Waals surface area contributed by atoms with Gasteiger partial charge < -0.3 is 9.15 Å². The van der Waals surface area contributed by atoms with Gasteiger partial charge in [0.1, 0.15) is 22.0 Å². The van der Waals surface area contributed by atoms with Crippen LogP contribution in [0.15, 0.2) is 67.3 Å². The predicted molar refractivity (Wildman–Crippen MR) is 123 cm³/mol. The highest BCUT2D eigenvalue weighted by Crippen LogP contribution is 2.24. The number of fused-ring (bicyclic) bond motifs is 2. The van der Waals surface area contributed by atoms with Gasteiger partial charge in [-0.05, 0) is 55.5 Å². The number of hydrazone groups is 1. The fraction of sp³-hybridized carbons (Fsp3) is 0.0909. The van der Waals surface area contributed by atoms with Crippen LogP contribution in [0.3, 0.4) is 0 Å². The molecule has 4 rings (SSSR count). The molecule has 1 N–H and O–H groups in total. The van der Waals surface area contributed by atoms with E-state index in [1.54, 1.807) is 24.3 Å². The molecule has 0 saturated heterocycles. The van der Waals surface area contributed by atoms with Crippen LogP contribution in [0.1, 0.15) is 22.8 Å². The van der Waals surface area contributed by atoms with Gasteiger partial charge in [0.2, 0.25) is 0 Å². The molecule has 2 heterocycles. The summed E-state index contributed by atoms with van der Waals surface area (Å²) in [5.41, 5.74) is 2.99. The number of rotatable bonds is 5. The molecule has 0 aliphatic carbocycles. The van der Waals surface area contributed by atoms with E-state index in [1.807, 2.05) is 25.1 Å². The van der Waals surface area contributed by atoms with E-state index in [0.29, 0.717) is 34.4 Å². The van der Waals surface area contributed by atoms with Gasteiger partial charge in [-0.3, -0.25) is 4.79 Å². The summed E-state index contributed by atoms with van der Waals surface area (Å²) in [6.07, 6.45) is 1.36. The minimum atomic E-state index is -0.753. The normalized spacial score (nSPS) is 11.3. The van der Waals surface area contributed by atoms with Crippen molar-refractivity contribution in [1.29, 1.82) is 0 Å². The molecule has 4 aromatic rings. The van der Waals surface area contributed by atoms with Crippen molar-refractivity contribution in [3.63, 3.8) is 0 Å². The number of aromatic nitrogens is 1. The number of hydrogen-bond donors (Lipinski definition) is 1. The first-order valence-electron chi connectivity index (χ1n) is 9.24. The van der Waals surface area contributed by atoms with Gasteiger partial charge in [0.25, 0.3) is 5.91 Å². The van der Waals surface area contributed by atoms with Crippen molar-refractivity contribution in [1.82, 2.24) is 10.4 Å². The zero-order chi connectivity index (χ0) is 22.0. The van der Waals surface area contributed by atoms with Gasteiger partial charge in [0, 0.05) is 20.8 Å². The third kappa shape index (κ3) is 4.60. The molecule has 1 amide bonds. The molecule has 0 saturated carbocycles. The molecule has 0 unspecified atom stereocenters. The van der Waals surface area contributed by atoms with E-state index in [-0.39, 0.29) is 10.7 Å². The average molecular weight is 501 g/mol. The fourth-order valence-corrected chi connectivity index (χ4v) is 3.54. The van der Waals surface area contributed by atoms with E-state index >= 15 is 0 Å². The molecule has 0 radical (unpaired) electrons. The molecular formula is C22H15BrClN3O4. The highest BCUT2D eigenvalue weighted by molar-refractivity contribution is 9.10. The summed E-state index contributed by atoms with van der Waals surface area (Å²) >= 11 is 9.57. The Hall–Kier alpha value is -3.23. The second-order valence-corrected chi connectivity index (χ2v) is 7.76. The van der Waals surface area contributed by atoms with Gasteiger partial charge in [-0.15, -0.1) is 0 Å². The van der Waals surface area contributed by atoms with E-state index in [2.05, 4.69) is 31.4 Å². The van der Waals surface area contributed by atoms with Crippen molar-refractivity contribution in [2.75, 3.05) is 6.61 Å². The van der Waals surface area contributed by atoms with Gasteiger partial charge in [-0.25, -0.2) is 15.2 Å². The van der Waals surface area contributed by atoms with Crippen LogP contribution in [0, 0.1) is 0 Å². The van der Waals surface area contributed by atoms with Crippen LogP contribution in [0.5, 0.6) is 5.75 Å². The lowest BCUT2D eigenvalue weighted by molar-refractivity contribution is 0.0951. The number of pyridine rings is 1. The smallest absolute Gasteiger partial charge is 0.349 e. The zero-order valence-corrected chi connectivity index (χ0v) is 18.5. The molecule has 0 aliphatic rings. The number of ether oxygens (including phenoxy) is 1. The predicted octanol–water partition coefficient (Wildman–Crippen LogP) is 4.92. The second kappa shape index (κ2) is 8.87. The maximum atomic E-state index is 12.4. The molecule has 9 heteroatoms. The number of nitrogens with one attached hydrogen (secondary N) is 1. The summed E-state index contributed by atoms with van der Waals surface area (Å²) in [4.78, 5) is 28.9. The first-order valence-corrected chi connectivity index (χ1v) is 10.4. The second-order valence-electron chi connectivity index (χ2n) is 6.48. The third-order valence-electron chi connectivity index (χ3n) is 4.39. The lowest BCUT2D eigenvalue weighted by atomic mass is 10.1. The van der Waals surface area contributed by atoms with Crippen LogP contribution in [0.4, 0.5) is 0 Å². The minimum absolute atomic E-state index is 0.160. The summed E-state index contributed by atoms with van der Waals surface area (Å²) in [6, 6.07) is 13.8. The fourth-order valence-electron chi connectivity index (χ4n) is 2.97. The molecule has 0 fully saturated rings. The van der Waals surface area contributed by atoms with Crippen LogP contribution < -0.4 is 15.8 Å². The van der Waals surface area contributed by atoms with Crippen molar-refractivity contribution < 1.29 is 13.9 Å². The quantitative estimate of drug-likeness (QED) is 0.182. The van der Waals surface area contributed by atoms with Crippen molar-refractivity contribution in [3.05, 3.63) is 79.7 Å². The lowest BCUT2D eigenvalue weighted by Gasteiger charge is -2.06. The number of carbonyl (C=O) groups is 1. The van der Waals surface area contributed by atoms with Crippen LogP contribution in [-0.2, 0) is 0 Å². The summed E-state index contributed by atoms with van der Waals surface area (Å²) in [7, 11) is 0. The van der Waals surface area contributed by atoms with Gasteiger partial charge in [0.15, 0.2) is 0 Å². The Kier molecular flexibility index (Phi) is 6.01. The number of amides is 1. The maximum absolute atomic E-state index is 12.4. The van der Waals surface area contributed by atoms with Gasteiger partial charge in [-0.1, -0.05) is 27.5 Å². The molecular weight excluding hydrogens is 486 g/mol. The summed E-state index contributed by atoms with van der Waals surface area (Å²) in [6.45, 7) is 2.45. The SMILES string of the molecule is CCOc1ccc2nc(Cl)c(/C=N/NC(=O)c3cc4cc(Br)ccc4oc3=O)cc2c1. The third-order valence-corrected chi connectivity index (χ3v) is 5.18. The molecule has 0 bridgehead atoms. The maximum Gasteiger partial charge on any atom is 0.349 e. The molecule has 31 heavy (non-hydrogen) atoms. The largest absolute Gasteiger partial charge is 0.494 e. The average Bonchev–Trinajstić information content (AvgIpc) is 2.74. The van der Waals surface area contributed by atoms with Crippen molar-refractivity contribution >= 4 is 61.5 Å². The van der Waals surface area contributed by atoms with Crippen molar-refractivity contribution in [3.8, 4) is 5.75 Å². The molecule has 7 nitrogen and oxygen atoms in total. The summed E-state index contributed by atoms with van der Waals surface area (Å²) in [5, 5.41) is 5.56. The Morgan fingerprint density at radius 3 is 2.87 bits per heavy atom. The molecule has 2 aromatic heterocycles. The Bertz CT molecular complexity index is 1400. The first-order chi connectivity index (χ1) is 14.9. The van der Waals surface area contributed by atoms with Crippen molar-refractivity contribution in [2.24, 2.45) is 5.10 Å². The molecule has 0 atom stereocenters. The molecule has 156 valence electrons. The standard InChI is InChI=1S/C22H15BrClN3O4/c1-2-30-16-4-5-18-12(9-16)7-14(20(24)26-18)11-25-27-21(28)17-10-13-8-15(23)3-6-19(13)31-22(17)29/h3-11H,2H2,1H3,(H,27,28)/b25-11+. The van der Waals surface area contributed by atoms with Gasteiger partial charge >= 0.3 is 5.63 Å². The summed E-state index contributed by atoms with van der Waals surface area (Å²) < 4.78 is 11.5. The number of nitrogens with zero attached hydrogens (tertiary/aromatic N) is 2. The van der Waals surface area contributed by atoms with E-state index in [1.165, 1.54) is 12.3 Å². The number of benzene rings is 2. The van der Waals surface area contributed by atoms with Gasteiger partial charge in [0.05, 0.1) is 18.3 Å². The van der Waals surface area contributed by atoms with Crippen LogP contribution in [-0.4, -0.2) is 23.7 Å². The number of halogens is 2.